The van der Waals surface area contributed by atoms with Crippen molar-refractivity contribution < 1.29 is 14.4 Å². The zero-order chi connectivity index (χ0) is 13.1. The van der Waals surface area contributed by atoms with Crippen LogP contribution in [0.3, 0.4) is 0 Å². The Kier molecular flexibility index (Phi) is 3.98. The topological polar surface area (TPSA) is 63.3 Å². The molecule has 0 spiro atoms. The molecule has 0 aliphatic rings. The molecule has 2 aromatic rings. The Morgan fingerprint density at radius 1 is 1.22 bits per heavy atom. The van der Waals surface area contributed by atoms with Crippen LogP contribution >= 0.6 is 23.5 Å². The van der Waals surface area contributed by atoms with Crippen molar-refractivity contribution in [1.29, 1.82) is 0 Å². The lowest BCUT2D eigenvalue weighted by Gasteiger charge is -2.05. The highest BCUT2D eigenvalue weighted by atomic mass is 32.2. The summed E-state index contributed by atoms with van der Waals surface area (Å²) < 4.78 is 4.75. The van der Waals surface area contributed by atoms with E-state index < -0.39 is 5.97 Å². The first-order chi connectivity index (χ1) is 8.65. The number of carbonyl (C=O) groups is 1. The maximum atomic E-state index is 10.7. The molecule has 0 amide bonds. The standard InChI is InChI=1S/C12H11NO3S2/c1-17-10-4-3-7(5-11(10)18-2)8-6-9(12(14)15)16-13-8/h3-6H,1-2H3,(H,14,15). The number of nitrogens with zero attached hydrogens (tertiary/aromatic N) is 1. The summed E-state index contributed by atoms with van der Waals surface area (Å²) in [4.78, 5) is 13.1. The van der Waals surface area contributed by atoms with Gasteiger partial charge in [-0.05, 0) is 24.6 Å². The lowest BCUT2D eigenvalue weighted by molar-refractivity contribution is 0.0652. The lowest BCUT2D eigenvalue weighted by Crippen LogP contribution is -1.91. The Balaban J connectivity index is 2.41. The van der Waals surface area contributed by atoms with Gasteiger partial charge in [-0.3, -0.25) is 0 Å². The van der Waals surface area contributed by atoms with Gasteiger partial charge in [-0.15, -0.1) is 23.5 Å². The smallest absolute Gasteiger partial charge is 0.374 e. The summed E-state index contributed by atoms with van der Waals surface area (Å²) in [5, 5.41) is 12.6. The van der Waals surface area contributed by atoms with Crippen molar-refractivity contribution in [3.8, 4) is 11.3 Å². The number of aromatic carboxylic acids is 1. The highest BCUT2D eigenvalue weighted by molar-refractivity contribution is 8.01. The number of rotatable bonds is 4. The molecular weight excluding hydrogens is 270 g/mol. The van der Waals surface area contributed by atoms with Gasteiger partial charge in [-0.2, -0.15) is 0 Å². The van der Waals surface area contributed by atoms with Gasteiger partial charge < -0.3 is 9.63 Å². The molecule has 1 aromatic carbocycles. The third kappa shape index (κ3) is 2.54. The second-order valence-electron chi connectivity index (χ2n) is 3.45. The summed E-state index contributed by atoms with van der Waals surface area (Å²) >= 11 is 3.32. The molecule has 94 valence electrons. The quantitative estimate of drug-likeness (QED) is 0.866. The maximum Gasteiger partial charge on any atom is 0.374 e. The third-order valence-corrected chi connectivity index (χ3v) is 4.10. The van der Waals surface area contributed by atoms with E-state index >= 15 is 0 Å². The fourth-order valence-electron chi connectivity index (χ4n) is 1.51. The van der Waals surface area contributed by atoms with E-state index in [1.54, 1.807) is 23.5 Å². The van der Waals surface area contributed by atoms with Gasteiger partial charge in [-0.1, -0.05) is 11.2 Å². The molecule has 1 aromatic heterocycles. The molecule has 4 nitrogen and oxygen atoms in total. The fourth-order valence-corrected chi connectivity index (χ4v) is 2.99. The van der Waals surface area contributed by atoms with Gasteiger partial charge >= 0.3 is 5.97 Å². The molecule has 0 aliphatic carbocycles. The van der Waals surface area contributed by atoms with Gasteiger partial charge in [0.1, 0.15) is 5.69 Å². The molecule has 0 saturated carbocycles. The molecule has 0 saturated heterocycles. The molecule has 1 heterocycles. The van der Waals surface area contributed by atoms with Gasteiger partial charge in [0.15, 0.2) is 0 Å². The normalized spacial score (nSPS) is 10.6. The Morgan fingerprint density at radius 2 is 1.94 bits per heavy atom. The zero-order valence-corrected chi connectivity index (χ0v) is 11.5. The summed E-state index contributed by atoms with van der Waals surface area (Å²) in [7, 11) is 0. The summed E-state index contributed by atoms with van der Waals surface area (Å²) in [5.41, 5.74) is 1.39. The molecule has 6 heteroatoms. The van der Waals surface area contributed by atoms with E-state index in [4.69, 9.17) is 9.63 Å². The van der Waals surface area contributed by atoms with Crippen molar-refractivity contribution in [3.05, 3.63) is 30.0 Å². The highest BCUT2D eigenvalue weighted by Gasteiger charge is 2.13. The monoisotopic (exact) mass is 281 g/mol. The molecule has 0 atom stereocenters. The number of carboxylic acids is 1. The Hall–Kier alpha value is -1.40. The molecule has 0 bridgehead atoms. The molecule has 0 unspecified atom stereocenters. The van der Waals surface area contributed by atoms with Crippen molar-refractivity contribution in [2.45, 2.75) is 9.79 Å². The van der Waals surface area contributed by atoms with Crippen LogP contribution in [0.15, 0.2) is 38.6 Å². The molecule has 1 N–H and O–H groups in total. The van der Waals surface area contributed by atoms with Crippen LogP contribution < -0.4 is 0 Å². The molecule has 0 fully saturated rings. The van der Waals surface area contributed by atoms with E-state index in [1.165, 1.54) is 11.0 Å². The Labute approximate surface area is 113 Å². The minimum atomic E-state index is -1.11. The van der Waals surface area contributed by atoms with Gasteiger partial charge in [0.05, 0.1) is 0 Å². The first-order valence-corrected chi connectivity index (χ1v) is 7.53. The predicted octanol–water partition coefficient (Wildman–Crippen LogP) is 3.48. The van der Waals surface area contributed by atoms with Crippen molar-refractivity contribution in [1.82, 2.24) is 5.16 Å². The van der Waals surface area contributed by atoms with Crippen molar-refractivity contribution in [2.24, 2.45) is 0 Å². The summed E-state index contributed by atoms with van der Waals surface area (Å²) in [6.07, 6.45) is 4.03. The average molecular weight is 281 g/mol. The van der Waals surface area contributed by atoms with E-state index in [1.807, 2.05) is 30.7 Å². The van der Waals surface area contributed by atoms with Crippen LogP contribution in [0.1, 0.15) is 10.6 Å². The number of hydrogen-bond donors (Lipinski definition) is 1. The Morgan fingerprint density at radius 3 is 2.50 bits per heavy atom. The third-order valence-electron chi connectivity index (χ3n) is 2.40. The van der Waals surface area contributed by atoms with Gasteiger partial charge in [0.25, 0.3) is 0 Å². The SMILES string of the molecule is CSc1ccc(-c2cc(C(=O)O)on2)cc1SC. The van der Waals surface area contributed by atoms with Crippen molar-refractivity contribution >= 4 is 29.5 Å². The van der Waals surface area contributed by atoms with Crippen LogP contribution in [-0.4, -0.2) is 28.7 Å². The van der Waals surface area contributed by atoms with E-state index in [-0.39, 0.29) is 5.76 Å². The first-order valence-electron chi connectivity index (χ1n) is 5.08. The summed E-state index contributed by atoms with van der Waals surface area (Å²) in [6.45, 7) is 0. The van der Waals surface area contributed by atoms with E-state index in [0.29, 0.717) is 5.69 Å². The van der Waals surface area contributed by atoms with E-state index in [2.05, 4.69) is 5.16 Å². The second kappa shape index (κ2) is 5.49. The minimum absolute atomic E-state index is 0.148. The number of hydrogen-bond acceptors (Lipinski definition) is 5. The van der Waals surface area contributed by atoms with E-state index in [0.717, 1.165) is 10.5 Å². The molecule has 18 heavy (non-hydrogen) atoms. The highest BCUT2D eigenvalue weighted by Crippen LogP contribution is 2.32. The van der Waals surface area contributed by atoms with Gasteiger partial charge in [0, 0.05) is 21.4 Å². The van der Waals surface area contributed by atoms with Gasteiger partial charge in [0.2, 0.25) is 5.76 Å². The van der Waals surface area contributed by atoms with Gasteiger partial charge in [-0.25, -0.2) is 4.79 Å². The zero-order valence-electron chi connectivity index (χ0n) is 9.84. The Bertz CT molecular complexity index is 580. The average Bonchev–Trinajstić information content (AvgIpc) is 2.87. The summed E-state index contributed by atoms with van der Waals surface area (Å²) in [5.74, 6) is -1.26. The number of aromatic nitrogens is 1. The molecule has 0 radical (unpaired) electrons. The maximum absolute atomic E-state index is 10.7. The minimum Gasteiger partial charge on any atom is -0.475 e. The second-order valence-corrected chi connectivity index (χ2v) is 5.15. The first kappa shape index (κ1) is 13.0. The predicted molar refractivity (Wildman–Crippen MR) is 72.5 cm³/mol. The molecule has 2 rings (SSSR count). The number of carboxylic acid groups (broad SMARTS) is 1. The largest absolute Gasteiger partial charge is 0.475 e. The van der Waals surface area contributed by atoms with Crippen LogP contribution in [0, 0.1) is 0 Å². The van der Waals surface area contributed by atoms with Crippen molar-refractivity contribution in [3.63, 3.8) is 0 Å². The lowest BCUT2D eigenvalue weighted by atomic mass is 10.1. The van der Waals surface area contributed by atoms with Crippen LogP contribution in [0.2, 0.25) is 0 Å². The number of thioether (sulfide) groups is 2. The summed E-state index contributed by atoms with van der Waals surface area (Å²) in [6, 6.07) is 7.33. The van der Waals surface area contributed by atoms with Crippen LogP contribution in [0.25, 0.3) is 11.3 Å². The molecule has 0 aliphatic heterocycles. The van der Waals surface area contributed by atoms with Crippen LogP contribution in [-0.2, 0) is 0 Å². The van der Waals surface area contributed by atoms with Crippen LogP contribution in [0.5, 0.6) is 0 Å². The van der Waals surface area contributed by atoms with Crippen LogP contribution in [0.4, 0.5) is 0 Å². The fraction of sp³-hybridized carbons (Fsp3) is 0.167. The van der Waals surface area contributed by atoms with Crippen molar-refractivity contribution in [2.75, 3.05) is 12.5 Å². The van der Waals surface area contributed by atoms with E-state index in [9.17, 15) is 4.79 Å². The molecular formula is C12H11NO3S2. The number of benzene rings is 1.